The van der Waals surface area contributed by atoms with Crippen molar-refractivity contribution in [3.05, 3.63) is 89.1 Å². The van der Waals surface area contributed by atoms with Crippen LogP contribution in [0, 0.1) is 12.7 Å². The number of rotatable bonds is 9. The zero-order valence-electron chi connectivity index (χ0n) is 28.4. The van der Waals surface area contributed by atoms with E-state index in [1.807, 2.05) is 37.3 Å². The van der Waals surface area contributed by atoms with Crippen LogP contribution in [0.4, 0.5) is 4.39 Å². The smallest absolute Gasteiger partial charge is 0.272 e. The quantitative estimate of drug-likeness (QED) is 0.194. The van der Waals surface area contributed by atoms with E-state index in [0.29, 0.717) is 55.8 Å². The summed E-state index contributed by atoms with van der Waals surface area (Å²) in [6, 6.07) is 16.4. The van der Waals surface area contributed by atoms with Crippen molar-refractivity contribution >= 4 is 11.8 Å². The van der Waals surface area contributed by atoms with E-state index in [-0.39, 0.29) is 35.2 Å². The van der Waals surface area contributed by atoms with Gasteiger partial charge in [0.1, 0.15) is 28.6 Å². The van der Waals surface area contributed by atoms with Crippen LogP contribution in [0.1, 0.15) is 71.6 Å². The second-order valence-corrected chi connectivity index (χ2v) is 13.4. The average molecular weight is 670 g/mol. The molecule has 12 heteroatoms. The minimum atomic E-state index is -0.646. The number of amides is 2. The largest absolute Gasteiger partial charge is 0.508 e. The second kappa shape index (κ2) is 14.8. The Morgan fingerprint density at radius 3 is 2.31 bits per heavy atom. The Hall–Kier alpha value is -4.81. The molecule has 2 amide bonds. The minimum absolute atomic E-state index is 0.00208. The molecule has 2 fully saturated rings. The van der Waals surface area contributed by atoms with Gasteiger partial charge in [-0.15, -0.1) is 0 Å². The standard InChI is InChI=1S/C37H44FN7O4/c1-22-19-45(20-23(2)40-22)21-27-15-26(8-13-34(27)46)25-6-5-7-31(16-25)49-37-32(17-28(38)18-39-37)35(47)41-29-9-11-30(12-10-29)42-36(48)33-14-24(3)44(4)43-33/h5-8,13-18,22-23,29-30,40,46H,9-12,19-21H2,1-4H3,(H,41,47)(H,42,48)/t22-,23+,29?,30?. The van der Waals surface area contributed by atoms with Gasteiger partial charge in [0.15, 0.2) is 0 Å². The molecular weight excluding hydrogens is 625 g/mol. The molecule has 0 spiro atoms. The summed E-state index contributed by atoms with van der Waals surface area (Å²) < 4.78 is 22.1. The molecule has 0 radical (unpaired) electrons. The van der Waals surface area contributed by atoms with Crippen molar-refractivity contribution < 1.29 is 23.8 Å². The molecule has 6 rings (SSSR count). The maximum absolute atomic E-state index is 14.4. The summed E-state index contributed by atoms with van der Waals surface area (Å²) in [7, 11) is 1.80. The number of halogens is 1. The number of carbonyl (C=O) groups is 2. The SMILES string of the molecule is Cc1cc(C(=O)NC2CCC(NC(=O)c3cc(F)cnc3Oc3cccc(-c4ccc(O)c(CN5C[C@@H](C)N[C@@H](C)C5)c4)c3)CC2)nn1C. The van der Waals surface area contributed by atoms with Crippen LogP contribution in [0.5, 0.6) is 17.4 Å². The fraction of sp³-hybridized carbons (Fsp3) is 0.405. The zero-order chi connectivity index (χ0) is 34.7. The van der Waals surface area contributed by atoms with Gasteiger partial charge in [0.2, 0.25) is 5.88 Å². The molecule has 1 aliphatic carbocycles. The molecule has 4 aromatic rings. The Morgan fingerprint density at radius 1 is 0.959 bits per heavy atom. The molecule has 258 valence electrons. The minimum Gasteiger partial charge on any atom is -0.508 e. The third-order valence-corrected chi connectivity index (χ3v) is 9.29. The lowest BCUT2D eigenvalue weighted by Crippen LogP contribution is -2.53. The Labute approximate surface area is 285 Å². The molecule has 49 heavy (non-hydrogen) atoms. The molecule has 0 unspecified atom stereocenters. The monoisotopic (exact) mass is 669 g/mol. The highest BCUT2D eigenvalue weighted by Crippen LogP contribution is 2.32. The molecule has 3 heterocycles. The van der Waals surface area contributed by atoms with Crippen LogP contribution < -0.4 is 20.7 Å². The first-order valence-corrected chi connectivity index (χ1v) is 16.9. The van der Waals surface area contributed by atoms with Crippen LogP contribution in [0.2, 0.25) is 0 Å². The van der Waals surface area contributed by atoms with Crippen LogP contribution in [-0.2, 0) is 13.6 Å². The molecule has 2 aromatic heterocycles. The van der Waals surface area contributed by atoms with Gasteiger partial charge in [0.05, 0.1) is 6.20 Å². The number of aryl methyl sites for hydroxylation is 2. The predicted octanol–water partition coefficient (Wildman–Crippen LogP) is 5.08. The molecule has 2 atom stereocenters. The van der Waals surface area contributed by atoms with Gasteiger partial charge in [-0.25, -0.2) is 9.37 Å². The zero-order valence-corrected chi connectivity index (χ0v) is 28.4. The molecule has 4 N–H and O–H groups in total. The van der Waals surface area contributed by atoms with Gasteiger partial charge in [-0.2, -0.15) is 5.10 Å². The van der Waals surface area contributed by atoms with Gasteiger partial charge in [0, 0.05) is 62.1 Å². The summed E-state index contributed by atoms with van der Waals surface area (Å²) in [5.41, 5.74) is 3.88. The summed E-state index contributed by atoms with van der Waals surface area (Å²) in [6.45, 7) is 8.63. The van der Waals surface area contributed by atoms with Crippen molar-refractivity contribution in [1.29, 1.82) is 0 Å². The van der Waals surface area contributed by atoms with Crippen LogP contribution in [0.3, 0.4) is 0 Å². The summed E-state index contributed by atoms with van der Waals surface area (Å²) in [5, 5.41) is 24.5. The van der Waals surface area contributed by atoms with E-state index in [2.05, 4.69) is 44.8 Å². The van der Waals surface area contributed by atoms with Gasteiger partial charge in [-0.1, -0.05) is 18.2 Å². The second-order valence-electron chi connectivity index (χ2n) is 13.4. The number of carbonyl (C=O) groups excluding carboxylic acids is 2. The van der Waals surface area contributed by atoms with E-state index >= 15 is 0 Å². The third-order valence-electron chi connectivity index (χ3n) is 9.29. The molecular formula is C37H44FN7O4. The number of nitrogens with one attached hydrogen (secondary N) is 3. The fourth-order valence-corrected chi connectivity index (χ4v) is 6.80. The number of ether oxygens (including phenoxy) is 1. The van der Waals surface area contributed by atoms with Gasteiger partial charge >= 0.3 is 0 Å². The average Bonchev–Trinajstić information content (AvgIpc) is 3.41. The van der Waals surface area contributed by atoms with E-state index in [1.165, 1.54) is 0 Å². The highest BCUT2D eigenvalue weighted by atomic mass is 19.1. The number of piperazine rings is 1. The van der Waals surface area contributed by atoms with Gasteiger partial charge < -0.3 is 25.8 Å². The van der Waals surface area contributed by atoms with Crippen molar-refractivity contribution in [2.75, 3.05) is 13.1 Å². The van der Waals surface area contributed by atoms with Gasteiger partial charge in [-0.05, 0) is 94.0 Å². The number of hydrogen-bond donors (Lipinski definition) is 4. The number of aromatic hydroxyl groups is 1. The van der Waals surface area contributed by atoms with E-state index in [1.54, 1.807) is 29.9 Å². The summed E-state index contributed by atoms with van der Waals surface area (Å²) in [4.78, 5) is 32.5. The van der Waals surface area contributed by atoms with Crippen molar-refractivity contribution in [2.45, 2.75) is 77.2 Å². The van der Waals surface area contributed by atoms with E-state index in [0.717, 1.165) is 47.7 Å². The number of aromatic nitrogens is 3. The number of phenolic OH excluding ortho intramolecular Hbond substituents is 1. The molecule has 1 saturated carbocycles. The van der Waals surface area contributed by atoms with Crippen LogP contribution >= 0.6 is 0 Å². The summed E-state index contributed by atoms with van der Waals surface area (Å²) in [6.07, 6.45) is 3.70. The van der Waals surface area contributed by atoms with Crippen LogP contribution in [0.25, 0.3) is 11.1 Å². The van der Waals surface area contributed by atoms with Gasteiger partial charge in [-0.3, -0.25) is 19.2 Å². The maximum Gasteiger partial charge on any atom is 0.272 e. The fourth-order valence-electron chi connectivity index (χ4n) is 6.80. The molecule has 0 bridgehead atoms. The Bertz CT molecular complexity index is 1790. The molecule has 1 aliphatic heterocycles. The first kappa shape index (κ1) is 34.1. The number of benzene rings is 2. The lowest BCUT2D eigenvalue weighted by atomic mass is 9.91. The molecule has 2 aliphatic rings. The molecule has 11 nitrogen and oxygen atoms in total. The Balaban J connectivity index is 1.09. The highest BCUT2D eigenvalue weighted by molar-refractivity contribution is 5.96. The van der Waals surface area contributed by atoms with Crippen LogP contribution in [0.15, 0.2) is 60.8 Å². The van der Waals surface area contributed by atoms with Crippen molar-refractivity contribution in [2.24, 2.45) is 7.05 Å². The van der Waals surface area contributed by atoms with Gasteiger partial charge in [0.25, 0.3) is 11.8 Å². The lowest BCUT2D eigenvalue weighted by Gasteiger charge is -2.36. The predicted molar refractivity (Wildman–Crippen MR) is 184 cm³/mol. The van der Waals surface area contributed by atoms with Crippen LogP contribution in [-0.4, -0.2) is 73.8 Å². The Morgan fingerprint density at radius 2 is 1.63 bits per heavy atom. The molecule has 1 saturated heterocycles. The first-order valence-electron chi connectivity index (χ1n) is 16.9. The third kappa shape index (κ3) is 8.44. The molecule has 2 aromatic carbocycles. The number of hydrogen-bond acceptors (Lipinski definition) is 8. The highest BCUT2D eigenvalue weighted by Gasteiger charge is 2.27. The summed E-state index contributed by atoms with van der Waals surface area (Å²) >= 11 is 0. The maximum atomic E-state index is 14.4. The number of pyridine rings is 1. The normalized spacial score (nSPS) is 21.2. The lowest BCUT2D eigenvalue weighted by molar-refractivity contribution is 0.0887. The first-order chi connectivity index (χ1) is 23.5. The topological polar surface area (TPSA) is 134 Å². The van der Waals surface area contributed by atoms with Crippen molar-refractivity contribution in [1.82, 2.24) is 35.6 Å². The number of phenols is 1. The van der Waals surface area contributed by atoms with E-state index in [4.69, 9.17) is 4.74 Å². The van der Waals surface area contributed by atoms with E-state index < -0.39 is 11.7 Å². The van der Waals surface area contributed by atoms with Crippen molar-refractivity contribution in [3.63, 3.8) is 0 Å². The van der Waals surface area contributed by atoms with E-state index in [9.17, 15) is 19.1 Å². The summed E-state index contributed by atoms with van der Waals surface area (Å²) in [5.74, 6) is -0.653. The van der Waals surface area contributed by atoms with Crippen molar-refractivity contribution in [3.8, 4) is 28.5 Å². The number of nitrogens with zero attached hydrogens (tertiary/aromatic N) is 4. The Kier molecular flexibility index (Phi) is 10.3.